The van der Waals surface area contributed by atoms with Crippen molar-refractivity contribution in [3.63, 3.8) is 0 Å². The smallest absolute Gasteiger partial charge is 0.490 e. The molecule has 1 amide bonds. The molecule has 3 heterocycles. The molecule has 2 aliphatic heterocycles. The van der Waals surface area contributed by atoms with Crippen LogP contribution in [0.3, 0.4) is 0 Å². The summed E-state index contributed by atoms with van der Waals surface area (Å²) < 4.78 is 71.9. The van der Waals surface area contributed by atoms with E-state index in [0.717, 1.165) is 38.4 Å². The number of methoxy groups -OCH3 is 1. The Bertz CT molecular complexity index is 1450. The van der Waals surface area contributed by atoms with Crippen molar-refractivity contribution in [2.45, 2.75) is 63.2 Å². The third kappa shape index (κ3) is 9.02. The van der Waals surface area contributed by atoms with Crippen LogP contribution < -0.4 is 4.74 Å². The van der Waals surface area contributed by atoms with Gasteiger partial charge in [0.25, 0.3) is 5.91 Å². The summed E-state index contributed by atoms with van der Waals surface area (Å²) >= 11 is 0. The minimum Gasteiger partial charge on any atom is -0.497 e. The van der Waals surface area contributed by atoms with Gasteiger partial charge in [-0.15, -0.1) is 0 Å². The molecule has 256 valence electrons. The average Bonchev–Trinajstić information content (AvgIpc) is 3.72. The van der Waals surface area contributed by atoms with E-state index in [2.05, 4.69) is 16.8 Å². The molecule has 1 N–H and O–H groups in total. The summed E-state index contributed by atoms with van der Waals surface area (Å²) in [6.45, 7) is 10.3. The zero-order valence-corrected chi connectivity index (χ0v) is 27.5. The van der Waals surface area contributed by atoms with Gasteiger partial charge in [0.05, 0.1) is 24.1 Å². The van der Waals surface area contributed by atoms with Crippen molar-refractivity contribution in [2.24, 2.45) is 5.92 Å². The van der Waals surface area contributed by atoms with E-state index in [1.807, 2.05) is 4.90 Å². The molecule has 11 nitrogen and oxygen atoms in total. The fraction of sp³-hybridized carbons (Fsp3) is 0.613. The lowest BCUT2D eigenvalue weighted by Crippen LogP contribution is -2.50. The van der Waals surface area contributed by atoms with Crippen LogP contribution in [0.5, 0.6) is 5.75 Å². The maximum absolute atomic E-state index is 13.8. The zero-order valence-electron chi connectivity index (χ0n) is 26.7. The highest BCUT2D eigenvalue weighted by Crippen LogP contribution is 2.37. The van der Waals surface area contributed by atoms with Gasteiger partial charge in [0.2, 0.25) is 10.0 Å². The second kappa shape index (κ2) is 14.7. The molecule has 2 aromatic rings. The number of carboxylic acids is 1. The van der Waals surface area contributed by atoms with Gasteiger partial charge in [0.1, 0.15) is 17.8 Å². The third-order valence-corrected chi connectivity index (χ3v) is 10.9. The molecule has 46 heavy (non-hydrogen) atoms. The Kier molecular flexibility index (Phi) is 11.4. The van der Waals surface area contributed by atoms with Gasteiger partial charge in [0, 0.05) is 38.8 Å². The summed E-state index contributed by atoms with van der Waals surface area (Å²) in [7, 11) is 0.000872. The van der Waals surface area contributed by atoms with Crippen molar-refractivity contribution in [3.8, 4) is 5.75 Å². The van der Waals surface area contributed by atoms with E-state index in [1.165, 1.54) is 36.5 Å². The molecule has 0 atom stereocenters. The summed E-state index contributed by atoms with van der Waals surface area (Å²) in [6, 6.07) is 5.16. The van der Waals surface area contributed by atoms with Gasteiger partial charge in [-0.2, -0.15) is 17.5 Å². The first-order valence-corrected chi connectivity index (χ1v) is 16.8. The van der Waals surface area contributed by atoms with Crippen molar-refractivity contribution in [3.05, 3.63) is 46.9 Å². The highest BCUT2D eigenvalue weighted by Gasteiger charge is 2.40. The predicted octanol–water partition coefficient (Wildman–Crippen LogP) is 3.99. The molecule has 2 saturated heterocycles. The number of piperidine rings is 1. The number of hydrogen-bond acceptors (Lipinski definition) is 8. The second-order valence-corrected chi connectivity index (χ2v) is 14.1. The van der Waals surface area contributed by atoms with Gasteiger partial charge in [-0.25, -0.2) is 13.2 Å². The lowest BCUT2D eigenvalue weighted by molar-refractivity contribution is -0.192. The number of benzene rings is 1. The summed E-state index contributed by atoms with van der Waals surface area (Å²) in [6.07, 6.45) is 0.533. The molecule has 1 aromatic heterocycles. The molecule has 15 heteroatoms. The molecule has 0 radical (unpaired) electrons. The van der Waals surface area contributed by atoms with Crippen LogP contribution >= 0.6 is 0 Å². The molecule has 1 aliphatic carbocycles. The first-order valence-electron chi connectivity index (χ1n) is 15.3. The van der Waals surface area contributed by atoms with Crippen LogP contribution in [0.25, 0.3) is 0 Å². The van der Waals surface area contributed by atoms with Crippen LogP contribution in [-0.4, -0.2) is 117 Å². The Morgan fingerprint density at radius 1 is 1.00 bits per heavy atom. The van der Waals surface area contributed by atoms with Gasteiger partial charge in [-0.3, -0.25) is 9.69 Å². The first-order chi connectivity index (χ1) is 21.6. The lowest BCUT2D eigenvalue weighted by Gasteiger charge is -2.38. The van der Waals surface area contributed by atoms with Crippen molar-refractivity contribution < 1.29 is 45.4 Å². The Morgan fingerprint density at radius 3 is 2.07 bits per heavy atom. The number of ether oxygens (including phenoxy) is 1. The first kappa shape index (κ1) is 35.7. The zero-order chi connectivity index (χ0) is 33.8. The molecule has 1 aromatic carbocycles. The van der Waals surface area contributed by atoms with Crippen molar-refractivity contribution >= 4 is 21.9 Å². The van der Waals surface area contributed by atoms with Gasteiger partial charge in [-0.05, 0) is 94.9 Å². The maximum atomic E-state index is 13.8. The van der Waals surface area contributed by atoms with Crippen LogP contribution in [0.2, 0.25) is 0 Å². The van der Waals surface area contributed by atoms with Gasteiger partial charge < -0.3 is 24.1 Å². The number of aliphatic carboxylic acids is 1. The minimum atomic E-state index is -5.08. The Hall–Kier alpha value is -3.14. The predicted molar refractivity (Wildman–Crippen MR) is 163 cm³/mol. The van der Waals surface area contributed by atoms with Crippen molar-refractivity contribution in [2.75, 3.05) is 60.0 Å². The summed E-state index contributed by atoms with van der Waals surface area (Å²) in [4.78, 5) is 29.2. The van der Waals surface area contributed by atoms with Crippen molar-refractivity contribution in [1.29, 1.82) is 0 Å². The molecule has 0 unspecified atom stereocenters. The number of furan rings is 1. The Balaban J connectivity index is 0.000000617. The number of rotatable bonds is 9. The van der Waals surface area contributed by atoms with Gasteiger partial charge in [0.15, 0.2) is 0 Å². The number of hydrogen-bond donors (Lipinski definition) is 1. The number of halogens is 3. The Morgan fingerprint density at radius 2 is 1.57 bits per heavy atom. The largest absolute Gasteiger partial charge is 0.497 e. The number of alkyl halides is 3. The number of nitrogens with zero attached hydrogens (tertiary/aromatic N) is 4. The van der Waals surface area contributed by atoms with E-state index < -0.39 is 22.2 Å². The monoisotopic (exact) mass is 672 g/mol. The van der Waals surface area contributed by atoms with Crippen LogP contribution in [0.15, 0.2) is 33.8 Å². The fourth-order valence-corrected chi connectivity index (χ4v) is 8.05. The quantitative estimate of drug-likeness (QED) is 0.421. The maximum Gasteiger partial charge on any atom is 0.490 e. The molecular weight excluding hydrogens is 629 g/mol. The number of carbonyl (C=O) groups excluding carboxylic acids is 1. The van der Waals surface area contributed by atoms with Crippen molar-refractivity contribution in [1.82, 2.24) is 19.0 Å². The standard InChI is InChI=1S/C29H42N4O5S.C2HF3O2/c1-21-15-26(37-4)16-22(2)28(21)39(35,36)33(25-5-6-25)19-27-17-24(20-38-27)29(34)32-13-11-31(12-14-32)18-23-7-9-30(3)10-8-23;3-2(4,5)1(6)7/h15-17,20,23,25H,5-14,18-19H2,1-4H3;(H,6,7). The number of amides is 1. The highest BCUT2D eigenvalue weighted by molar-refractivity contribution is 7.89. The summed E-state index contributed by atoms with van der Waals surface area (Å²) in [5, 5.41) is 7.12. The highest BCUT2D eigenvalue weighted by atomic mass is 32.2. The van der Waals surface area contributed by atoms with Crippen LogP contribution in [0.4, 0.5) is 13.2 Å². The number of piperazine rings is 1. The molecule has 3 fully saturated rings. The number of carbonyl (C=O) groups is 2. The van der Waals surface area contributed by atoms with E-state index in [-0.39, 0.29) is 18.5 Å². The number of sulfonamides is 1. The van der Waals surface area contributed by atoms with Crippen LogP contribution in [-0.2, 0) is 21.4 Å². The number of likely N-dealkylation sites (tertiary alicyclic amines) is 1. The van der Waals surface area contributed by atoms with E-state index in [9.17, 15) is 26.4 Å². The van der Waals surface area contributed by atoms with Gasteiger partial charge in [-0.1, -0.05) is 0 Å². The SMILES string of the molecule is COc1cc(C)c(S(=O)(=O)N(Cc2cc(C(=O)N3CCN(CC4CCN(C)CC4)CC3)co2)C2CC2)c(C)c1.O=C(O)C(F)(F)F. The summed E-state index contributed by atoms with van der Waals surface area (Å²) in [5.74, 6) is -0.938. The molecule has 1 saturated carbocycles. The molecular formula is C31H43F3N4O7S. The van der Waals surface area contributed by atoms with E-state index in [4.69, 9.17) is 19.1 Å². The van der Waals surface area contributed by atoms with Crippen LogP contribution in [0.1, 0.15) is 52.9 Å². The van der Waals surface area contributed by atoms with Crippen LogP contribution in [0, 0.1) is 19.8 Å². The number of aryl methyl sites for hydroxylation is 2. The third-order valence-electron chi connectivity index (χ3n) is 8.66. The molecule has 0 spiro atoms. The van der Waals surface area contributed by atoms with Gasteiger partial charge >= 0.3 is 12.1 Å². The van der Waals surface area contributed by atoms with E-state index in [1.54, 1.807) is 39.2 Å². The minimum absolute atomic E-state index is 0.0494. The molecule has 3 aliphatic rings. The normalized spacial score (nSPS) is 18.7. The van der Waals surface area contributed by atoms with E-state index >= 15 is 0 Å². The fourth-order valence-electron chi connectivity index (χ4n) is 5.98. The van der Waals surface area contributed by atoms with E-state index in [0.29, 0.717) is 46.2 Å². The summed E-state index contributed by atoms with van der Waals surface area (Å²) in [5.41, 5.74) is 1.80. The topological polar surface area (TPSA) is 124 Å². The molecule has 5 rings (SSSR count). The lowest BCUT2D eigenvalue weighted by atomic mass is 9.96. The average molecular weight is 673 g/mol. The number of carboxylic acid groups (broad SMARTS) is 1. The Labute approximate surface area is 267 Å². The molecule has 0 bridgehead atoms. The second-order valence-electron chi connectivity index (χ2n) is 12.3.